The minimum absolute atomic E-state index is 0.0905. The number of nitrogens with one attached hydrogen (secondary N) is 1. The summed E-state index contributed by atoms with van der Waals surface area (Å²) in [5, 5.41) is 2.99. The highest BCUT2D eigenvalue weighted by atomic mass is 16.6. The number of carbonyl (C=O) groups is 4. The van der Waals surface area contributed by atoms with Crippen LogP contribution in [0.15, 0.2) is 30.3 Å². The van der Waals surface area contributed by atoms with Crippen molar-refractivity contribution in [3.05, 3.63) is 35.9 Å². The molecule has 3 rings (SSSR count). The summed E-state index contributed by atoms with van der Waals surface area (Å²) in [4.78, 5) is 52.6. The molecule has 2 fully saturated rings. The second-order valence-corrected chi connectivity index (χ2v) is 9.51. The summed E-state index contributed by atoms with van der Waals surface area (Å²) in [6.45, 7) is 6.25. The lowest BCUT2D eigenvalue weighted by Crippen LogP contribution is -2.57. The molecule has 180 valence electrons. The van der Waals surface area contributed by atoms with Crippen LogP contribution in [0.1, 0.15) is 52.0 Å². The van der Waals surface area contributed by atoms with Crippen LogP contribution in [0.5, 0.6) is 0 Å². The van der Waals surface area contributed by atoms with Gasteiger partial charge in [0, 0.05) is 25.6 Å². The molecule has 1 aromatic carbocycles. The molecule has 0 aliphatic carbocycles. The van der Waals surface area contributed by atoms with Crippen molar-refractivity contribution in [3.63, 3.8) is 0 Å². The average molecular weight is 460 g/mol. The van der Waals surface area contributed by atoms with Crippen molar-refractivity contribution in [1.29, 1.82) is 0 Å². The Labute approximate surface area is 194 Å². The highest BCUT2D eigenvalue weighted by molar-refractivity contribution is 5.92. The highest BCUT2D eigenvalue weighted by Crippen LogP contribution is 2.20. The second kappa shape index (κ2) is 10.7. The zero-order chi connectivity index (χ0) is 24.0. The Morgan fingerprint density at radius 1 is 1.03 bits per heavy atom. The lowest BCUT2D eigenvalue weighted by atomic mass is 9.99. The van der Waals surface area contributed by atoms with Gasteiger partial charge in [0.1, 0.15) is 18.2 Å². The molecule has 1 N–H and O–H groups in total. The summed E-state index contributed by atoms with van der Waals surface area (Å²) in [5.74, 6) is -0.384. The number of nitrogens with zero attached hydrogens (tertiary/aromatic N) is 2. The molecule has 9 nitrogen and oxygen atoms in total. The van der Waals surface area contributed by atoms with E-state index < -0.39 is 17.7 Å². The second-order valence-electron chi connectivity index (χ2n) is 9.51. The zero-order valence-corrected chi connectivity index (χ0v) is 19.5. The van der Waals surface area contributed by atoms with Crippen molar-refractivity contribution in [2.45, 2.75) is 70.7 Å². The third-order valence-corrected chi connectivity index (χ3v) is 5.65. The molecule has 2 aliphatic rings. The number of Topliss-reactive ketones (excluding diaryl/α,β-unsaturated/α-hetero) is 1. The number of hydrogen-bond donors (Lipinski definition) is 1. The molecule has 33 heavy (non-hydrogen) atoms. The van der Waals surface area contributed by atoms with Crippen molar-refractivity contribution in [3.8, 4) is 0 Å². The van der Waals surface area contributed by atoms with Crippen LogP contribution in [0, 0.1) is 0 Å². The number of benzene rings is 1. The van der Waals surface area contributed by atoms with Gasteiger partial charge in [-0.05, 0) is 45.6 Å². The summed E-state index contributed by atoms with van der Waals surface area (Å²) < 4.78 is 10.8. The van der Waals surface area contributed by atoms with Crippen molar-refractivity contribution < 1.29 is 28.7 Å². The SMILES string of the molecule is CC(C)(C)OC(=O)N1CC(=O)CCC1C(=O)NC1CCN(C(=O)OCc2ccccc2)CC1. The predicted octanol–water partition coefficient (Wildman–Crippen LogP) is 2.87. The number of ether oxygens (including phenoxy) is 2. The minimum Gasteiger partial charge on any atom is -0.445 e. The summed E-state index contributed by atoms with van der Waals surface area (Å²) in [6.07, 6.45) is 0.670. The van der Waals surface area contributed by atoms with Crippen LogP contribution in [-0.2, 0) is 25.7 Å². The van der Waals surface area contributed by atoms with Crippen LogP contribution in [0.3, 0.4) is 0 Å². The summed E-state index contributed by atoms with van der Waals surface area (Å²) in [6, 6.07) is 8.62. The third-order valence-electron chi connectivity index (χ3n) is 5.65. The fourth-order valence-electron chi connectivity index (χ4n) is 3.93. The van der Waals surface area contributed by atoms with Gasteiger partial charge in [0.2, 0.25) is 5.91 Å². The number of hydrogen-bond acceptors (Lipinski definition) is 6. The molecule has 3 amide bonds. The Morgan fingerprint density at radius 2 is 1.70 bits per heavy atom. The molecule has 1 aromatic rings. The van der Waals surface area contributed by atoms with E-state index in [2.05, 4.69) is 5.32 Å². The number of amides is 3. The van der Waals surface area contributed by atoms with Gasteiger partial charge in [-0.15, -0.1) is 0 Å². The Bertz CT molecular complexity index is 859. The first-order valence-corrected chi connectivity index (χ1v) is 11.4. The van der Waals surface area contributed by atoms with Gasteiger partial charge in [0.15, 0.2) is 5.78 Å². The van der Waals surface area contributed by atoms with Gasteiger partial charge in [-0.2, -0.15) is 0 Å². The smallest absolute Gasteiger partial charge is 0.411 e. The van der Waals surface area contributed by atoms with E-state index in [1.807, 2.05) is 30.3 Å². The molecular formula is C24H33N3O6. The Hall–Kier alpha value is -3.10. The van der Waals surface area contributed by atoms with Gasteiger partial charge in [-0.25, -0.2) is 9.59 Å². The van der Waals surface area contributed by atoms with Gasteiger partial charge in [0.05, 0.1) is 6.54 Å². The van der Waals surface area contributed by atoms with Crippen LogP contribution in [0.25, 0.3) is 0 Å². The monoisotopic (exact) mass is 459 g/mol. The van der Waals surface area contributed by atoms with Crippen molar-refractivity contribution in [2.24, 2.45) is 0 Å². The summed E-state index contributed by atoms with van der Waals surface area (Å²) in [5.41, 5.74) is 0.203. The normalized spacial score (nSPS) is 19.7. The van der Waals surface area contributed by atoms with Crippen LogP contribution in [0.4, 0.5) is 9.59 Å². The van der Waals surface area contributed by atoms with E-state index in [0.29, 0.717) is 25.9 Å². The van der Waals surface area contributed by atoms with E-state index in [-0.39, 0.29) is 49.8 Å². The van der Waals surface area contributed by atoms with Gasteiger partial charge >= 0.3 is 12.2 Å². The summed E-state index contributed by atoms with van der Waals surface area (Å²) >= 11 is 0. The molecule has 1 unspecified atom stereocenters. The number of piperidine rings is 2. The van der Waals surface area contributed by atoms with E-state index in [1.165, 1.54) is 4.90 Å². The molecule has 2 aliphatic heterocycles. The standard InChI is InChI=1S/C24H33N3O6/c1-24(2,3)33-23(31)27-15-19(28)9-10-20(27)21(29)25-18-11-13-26(14-12-18)22(30)32-16-17-7-5-4-6-8-17/h4-8,18,20H,9-16H2,1-3H3,(H,25,29). The highest BCUT2D eigenvalue weighted by Gasteiger charge is 2.38. The maximum atomic E-state index is 13.0. The van der Waals surface area contributed by atoms with Crippen LogP contribution >= 0.6 is 0 Å². The van der Waals surface area contributed by atoms with E-state index in [1.54, 1.807) is 25.7 Å². The Kier molecular flexibility index (Phi) is 7.94. The van der Waals surface area contributed by atoms with E-state index in [9.17, 15) is 19.2 Å². The molecule has 2 saturated heterocycles. The van der Waals surface area contributed by atoms with E-state index >= 15 is 0 Å². The van der Waals surface area contributed by atoms with Crippen molar-refractivity contribution in [1.82, 2.24) is 15.1 Å². The van der Waals surface area contributed by atoms with Crippen LogP contribution in [0.2, 0.25) is 0 Å². The largest absolute Gasteiger partial charge is 0.445 e. The zero-order valence-electron chi connectivity index (χ0n) is 19.5. The maximum Gasteiger partial charge on any atom is 0.411 e. The number of ketones is 1. The molecule has 1 atom stereocenters. The first kappa shape index (κ1) is 24.5. The van der Waals surface area contributed by atoms with E-state index in [0.717, 1.165) is 5.56 Å². The van der Waals surface area contributed by atoms with E-state index in [4.69, 9.17) is 9.47 Å². The summed E-state index contributed by atoms with van der Waals surface area (Å²) in [7, 11) is 0. The lowest BCUT2D eigenvalue weighted by molar-refractivity contribution is -0.132. The van der Waals surface area contributed by atoms with Gasteiger partial charge < -0.3 is 19.7 Å². The molecule has 0 radical (unpaired) electrons. The number of carbonyl (C=O) groups excluding carboxylic acids is 4. The number of likely N-dealkylation sites (tertiary alicyclic amines) is 2. The molecule has 0 bridgehead atoms. The molecule has 0 saturated carbocycles. The fraction of sp³-hybridized carbons (Fsp3) is 0.583. The predicted molar refractivity (Wildman–Crippen MR) is 120 cm³/mol. The number of rotatable bonds is 4. The van der Waals surface area contributed by atoms with Crippen molar-refractivity contribution >= 4 is 23.9 Å². The van der Waals surface area contributed by atoms with Gasteiger partial charge in [-0.1, -0.05) is 30.3 Å². The lowest BCUT2D eigenvalue weighted by Gasteiger charge is -2.37. The average Bonchev–Trinajstić information content (AvgIpc) is 2.77. The maximum absolute atomic E-state index is 13.0. The quantitative estimate of drug-likeness (QED) is 0.742. The topological polar surface area (TPSA) is 105 Å². The van der Waals surface area contributed by atoms with Gasteiger partial charge in [0.25, 0.3) is 0 Å². The first-order valence-electron chi connectivity index (χ1n) is 11.4. The van der Waals surface area contributed by atoms with Gasteiger partial charge in [-0.3, -0.25) is 14.5 Å². The van der Waals surface area contributed by atoms with Crippen molar-refractivity contribution in [2.75, 3.05) is 19.6 Å². The third kappa shape index (κ3) is 7.20. The Morgan fingerprint density at radius 3 is 2.33 bits per heavy atom. The van der Waals surface area contributed by atoms with Crippen LogP contribution < -0.4 is 5.32 Å². The Balaban J connectivity index is 1.48. The first-order chi connectivity index (χ1) is 15.6. The molecule has 2 heterocycles. The van der Waals surface area contributed by atoms with Crippen LogP contribution in [-0.4, -0.2) is 71.0 Å². The molecule has 9 heteroatoms. The molecular weight excluding hydrogens is 426 g/mol. The minimum atomic E-state index is -0.744. The molecule has 0 aromatic heterocycles. The molecule has 0 spiro atoms. The fourth-order valence-corrected chi connectivity index (χ4v) is 3.93.